The maximum Gasteiger partial charge on any atom is 0.143 e. The Bertz CT molecular complexity index is 994. The molecule has 0 atom stereocenters. The lowest BCUT2D eigenvalue weighted by atomic mass is 10.0. The van der Waals surface area contributed by atoms with Gasteiger partial charge >= 0.3 is 0 Å². The fraction of sp³-hybridized carbons (Fsp3) is 0. The van der Waals surface area contributed by atoms with E-state index in [1.54, 1.807) is 0 Å². The normalized spacial score (nSPS) is 11.1. The van der Waals surface area contributed by atoms with Gasteiger partial charge in [0.15, 0.2) is 0 Å². The zero-order valence-corrected chi connectivity index (χ0v) is 13.4. The summed E-state index contributed by atoms with van der Waals surface area (Å²) in [6.45, 7) is 3.84. The average Bonchev–Trinajstić information content (AvgIpc) is 2.93. The van der Waals surface area contributed by atoms with Crippen molar-refractivity contribution in [3.8, 4) is 11.1 Å². The molecule has 0 bridgehead atoms. The highest BCUT2D eigenvalue weighted by atomic mass is 79.9. The summed E-state index contributed by atoms with van der Waals surface area (Å²) in [6, 6.07) is 20.7. The van der Waals surface area contributed by atoms with Gasteiger partial charge < -0.3 is 4.42 Å². The molecule has 1 nitrogen and oxygen atoms in total. The molecule has 0 saturated heterocycles. The molecule has 4 aromatic rings. The first-order valence-corrected chi connectivity index (χ1v) is 7.89. The van der Waals surface area contributed by atoms with Gasteiger partial charge in [0.2, 0.25) is 0 Å². The summed E-state index contributed by atoms with van der Waals surface area (Å²) < 4.78 is 7.19. The first-order valence-electron chi connectivity index (χ1n) is 7.10. The quantitative estimate of drug-likeness (QED) is 0.394. The molecule has 0 fully saturated rings. The van der Waals surface area contributed by atoms with Crippen molar-refractivity contribution in [2.45, 2.75) is 0 Å². The fourth-order valence-corrected chi connectivity index (χ4v) is 3.06. The molecule has 0 aliphatic carbocycles. The fourth-order valence-electron chi connectivity index (χ4n) is 2.80. The van der Waals surface area contributed by atoms with Crippen molar-refractivity contribution >= 4 is 43.9 Å². The van der Waals surface area contributed by atoms with E-state index >= 15 is 0 Å². The Balaban J connectivity index is 2.04. The molecule has 0 saturated carbocycles. The van der Waals surface area contributed by atoms with E-state index in [-0.39, 0.29) is 0 Å². The summed E-state index contributed by atoms with van der Waals surface area (Å²) in [6.07, 6.45) is 1.86. The summed E-state index contributed by atoms with van der Waals surface area (Å²) in [5, 5.41) is 2.27. The lowest BCUT2D eigenvalue weighted by Crippen LogP contribution is -1.78. The zero-order valence-electron chi connectivity index (χ0n) is 11.8. The standard InChI is InChI=1S/C20H13BrO/c1-2-13-6-11-19-18(12-13)17-5-3-4-16(20(17)22-19)14-7-9-15(21)10-8-14/h2-12H,1H2. The zero-order chi connectivity index (χ0) is 15.1. The van der Waals surface area contributed by atoms with Crippen LogP contribution >= 0.6 is 15.9 Å². The number of para-hydroxylation sites is 1. The van der Waals surface area contributed by atoms with Crippen LogP contribution in [0.1, 0.15) is 5.56 Å². The molecule has 1 aromatic heterocycles. The molecule has 1 heterocycles. The van der Waals surface area contributed by atoms with Gasteiger partial charge in [-0.1, -0.05) is 65.0 Å². The number of halogens is 1. The van der Waals surface area contributed by atoms with Crippen LogP contribution in [-0.4, -0.2) is 0 Å². The van der Waals surface area contributed by atoms with Crippen molar-refractivity contribution in [1.82, 2.24) is 0 Å². The first kappa shape index (κ1) is 13.4. The van der Waals surface area contributed by atoms with Gasteiger partial charge in [0.05, 0.1) is 0 Å². The van der Waals surface area contributed by atoms with Crippen molar-refractivity contribution in [2.75, 3.05) is 0 Å². The first-order chi connectivity index (χ1) is 10.8. The number of hydrogen-bond acceptors (Lipinski definition) is 1. The second kappa shape index (κ2) is 5.15. The third-order valence-electron chi connectivity index (χ3n) is 3.91. The number of hydrogen-bond donors (Lipinski definition) is 0. The maximum absolute atomic E-state index is 6.12. The number of benzene rings is 3. The van der Waals surface area contributed by atoms with Crippen LogP contribution in [0.2, 0.25) is 0 Å². The van der Waals surface area contributed by atoms with Crippen molar-refractivity contribution in [3.05, 3.63) is 77.3 Å². The monoisotopic (exact) mass is 348 g/mol. The molecule has 2 heteroatoms. The van der Waals surface area contributed by atoms with Gasteiger partial charge in [-0.2, -0.15) is 0 Å². The van der Waals surface area contributed by atoms with Crippen molar-refractivity contribution in [1.29, 1.82) is 0 Å². The molecule has 0 aliphatic rings. The van der Waals surface area contributed by atoms with E-state index in [0.717, 1.165) is 43.1 Å². The Hall–Kier alpha value is -2.32. The molecule has 0 spiro atoms. The van der Waals surface area contributed by atoms with E-state index in [4.69, 9.17) is 4.42 Å². The Morgan fingerprint density at radius 2 is 1.73 bits per heavy atom. The molecule has 3 aromatic carbocycles. The molecular formula is C20H13BrO. The Morgan fingerprint density at radius 3 is 2.50 bits per heavy atom. The molecule has 0 unspecified atom stereocenters. The maximum atomic E-state index is 6.12. The van der Waals surface area contributed by atoms with Crippen LogP contribution in [-0.2, 0) is 0 Å². The smallest absolute Gasteiger partial charge is 0.143 e. The van der Waals surface area contributed by atoms with Crippen molar-refractivity contribution < 1.29 is 4.42 Å². The minimum absolute atomic E-state index is 0.908. The number of rotatable bonds is 2. The Labute approximate surface area is 137 Å². The van der Waals surface area contributed by atoms with Crippen molar-refractivity contribution in [2.24, 2.45) is 0 Å². The average molecular weight is 349 g/mol. The van der Waals surface area contributed by atoms with E-state index in [1.165, 1.54) is 0 Å². The highest BCUT2D eigenvalue weighted by Gasteiger charge is 2.12. The molecule has 106 valence electrons. The number of fused-ring (bicyclic) bond motifs is 3. The van der Waals surface area contributed by atoms with Crippen LogP contribution in [0.15, 0.2) is 76.1 Å². The van der Waals surface area contributed by atoms with Crippen LogP contribution in [0.4, 0.5) is 0 Å². The lowest BCUT2D eigenvalue weighted by molar-refractivity contribution is 0.670. The summed E-state index contributed by atoms with van der Waals surface area (Å²) in [5.74, 6) is 0. The topological polar surface area (TPSA) is 13.1 Å². The summed E-state index contributed by atoms with van der Waals surface area (Å²) in [5.41, 5.74) is 5.20. The highest BCUT2D eigenvalue weighted by Crippen LogP contribution is 2.36. The highest BCUT2D eigenvalue weighted by molar-refractivity contribution is 9.10. The van der Waals surface area contributed by atoms with Crippen LogP contribution in [0, 0.1) is 0 Å². The minimum atomic E-state index is 0.908. The van der Waals surface area contributed by atoms with Gasteiger partial charge in [0.1, 0.15) is 11.2 Å². The van der Waals surface area contributed by atoms with Crippen LogP contribution in [0.3, 0.4) is 0 Å². The van der Waals surface area contributed by atoms with E-state index < -0.39 is 0 Å². The van der Waals surface area contributed by atoms with E-state index in [2.05, 4.69) is 58.9 Å². The van der Waals surface area contributed by atoms with Gasteiger partial charge in [-0.25, -0.2) is 0 Å². The third kappa shape index (κ3) is 2.08. The van der Waals surface area contributed by atoms with Gasteiger partial charge in [-0.15, -0.1) is 0 Å². The van der Waals surface area contributed by atoms with E-state index in [0.29, 0.717) is 0 Å². The van der Waals surface area contributed by atoms with E-state index in [1.807, 2.05) is 30.3 Å². The Morgan fingerprint density at radius 1 is 0.909 bits per heavy atom. The molecule has 4 rings (SSSR count). The largest absolute Gasteiger partial charge is 0.455 e. The second-order valence-electron chi connectivity index (χ2n) is 5.25. The van der Waals surface area contributed by atoms with Crippen molar-refractivity contribution in [3.63, 3.8) is 0 Å². The predicted molar refractivity (Wildman–Crippen MR) is 96.9 cm³/mol. The SMILES string of the molecule is C=Cc1ccc2oc3c(-c4ccc(Br)cc4)cccc3c2c1. The van der Waals surface area contributed by atoms with Gasteiger partial charge in [-0.05, 0) is 35.4 Å². The molecular weight excluding hydrogens is 336 g/mol. The summed E-state index contributed by atoms with van der Waals surface area (Å²) >= 11 is 3.48. The van der Waals surface area contributed by atoms with Gasteiger partial charge in [-0.3, -0.25) is 0 Å². The number of furan rings is 1. The molecule has 0 amide bonds. The minimum Gasteiger partial charge on any atom is -0.455 e. The second-order valence-corrected chi connectivity index (χ2v) is 6.17. The van der Waals surface area contributed by atoms with Crippen LogP contribution in [0.5, 0.6) is 0 Å². The lowest BCUT2D eigenvalue weighted by Gasteiger charge is -2.02. The third-order valence-corrected chi connectivity index (χ3v) is 4.44. The molecule has 0 N–H and O–H groups in total. The van der Waals surface area contributed by atoms with Crippen LogP contribution < -0.4 is 0 Å². The van der Waals surface area contributed by atoms with E-state index in [9.17, 15) is 0 Å². The molecule has 22 heavy (non-hydrogen) atoms. The summed E-state index contributed by atoms with van der Waals surface area (Å²) in [7, 11) is 0. The predicted octanol–water partition coefficient (Wildman–Crippen LogP) is 6.66. The van der Waals surface area contributed by atoms with Gasteiger partial charge in [0.25, 0.3) is 0 Å². The molecule has 0 aliphatic heterocycles. The molecule has 0 radical (unpaired) electrons. The Kier molecular flexibility index (Phi) is 3.12. The summed E-state index contributed by atoms with van der Waals surface area (Å²) in [4.78, 5) is 0. The van der Waals surface area contributed by atoms with Gasteiger partial charge in [0, 0.05) is 20.8 Å². The van der Waals surface area contributed by atoms with Crippen LogP contribution in [0.25, 0.3) is 39.1 Å².